The van der Waals surface area contributed by atoms with Crippen LogP contribution in [-0.2, 0) is 13.0 Å². The van der Waals surface area contributed by atoms with E-state index in [9.17, 15) is 4.79 Å². The van der Waals surface area contributed by atoms with E-state index in [0.29, 0.717) is 6.61 Å². The third-order valence-corrected chi connectivity index (χ3v) is 6.27. The van der Waals surface area contributed by atoms with E-state index in [4.69, 9.17) is 9.47 Å². The average molecular weight is 444 g/mol. The molecule has 0 atom stereocenters. The van der Waals surface area contributed by atoms with Gasteiger partial charge in [0.15, 0.2) is 5.78 Å². The molecule has 4 rings (SSSR count). The Morgan fingerprint density at radius 1 is 1.06 bits per heavy atom. The van der Waals surface area contributed by atoms with Gasteiger partial charge in [0.1, 0.15) is 23.6 Å². The molecule has 2 aromatic carbocycles. The van der Waals surface area contributed by atoms with E-state index in [-0.39, 0.29) is 5.78 Å². The lowest BCUT2D eigenvalue weighted by Gasteiger charge is -2.12. The van der Waals surface area contributed by atoms with E-state index in [1.807, 2.05) is 66.7 Å². The number of aromatic nitrogens is 1. The highest BCUT2D eigenvalue weighted by molar-refractivity contribution is 7.14. The zero-order valence-electron chi connectivity index (χ0n) is 18.2. The molecule has 4 aromatic rings. The summed E-state index contributed by atoms with van der Waals surface area (Å²) in [7, 11) is 1.64. The Kier molecular flexibility index (Phi) is 6.97. The maximum absolute atomic E-state index is 12.5. The van der Waals surface area contributed by atoms with Crippen molar-refractivity contribution in [3.05, 3.63) is 93.8 Å². The number of fused-ring (bicyclic) bond motifs is 1. The molecule has 0 aliphatic carbocycles. The van der Waals surface area contributed by atoms with E-state index in [2.05, 4.69) is 11.9 Å². The van der Waals surface area contributed by atoms with Crippen LogP contribution in [0.3, 0.4) is 0 Å². The molecule has 0 N–H and O–H groups in total. The summed E-state index contributed by atoms with van der Waals surface area (Å²) in [6.07, 6.45) is 7.31. The van der Waals surface area contributed by atoms with E-state index in [0.717, 1.165) is 51.2 Å². The standard InChI is InChI=1S/C27H25NO3S/c1-3-6-22-12-15-26(32-22)23(29)13-10-19-11-14-24(30-2)21(17-19)18-31-25-9-4-7-20-8-5-16-28-27(20)25/h4-5,7-17H,3,6,18H2,1-2H3. The number of ether oxygens (including phenoxy) is 2. The predicted octanol–water partition coefficient (Wildman–Crippen LogP) is 6.73. The highest BCUT2D eigenvalue weighted by Gasteiger charge is 2.09. The lowest BCUT2D eigenvalue weighted by atomic mass is 10.1. The smallest absolute Gasteiger partial charge is 0.195 e. The van der Waals surface area contributed by atoms with Crippen molar-refractivity contribution in [3.8, 4) is 11.5 Å². The van der Waals surface area contributed by atoms with Crippen molar-refractivity contribution < 1.29 is 14.3 Å². The number of benzene rings is 2. The lowest BCUT2D eigenvalue weighted by Crippen LogP contribution is -2.00. The molecule has 0 aliphatic heterocycles. The molecule has 162 valence electrons. The van der Waals surface area contributed by atoms with Crippen molar-refractivity contribution >= 4 is 34.1 Å². The van der Waals surface area contributed by atoms with Crippen molar-refractivity contribution in [2.45, 2.75) is 26.4 Å². The Bertz CT molecular complexity index is 1250. The van der Waals surface area contributed by atoms with E-state index in [1.165, 1.54) is 4.88 Å². The summed E-state index contributed by atoms with van der Waals surface area (Å²) in [6, 6.07) is 19.6. The monoisotopic (exact) mass is 443 g/mol. The number of carbonyl (C=O) groups excluding carboxylic acids is 1. The van der Waals surface area contributed by atoms with Crippen LogP contribution >= 0.6 is 11.3 Å². The molecule has 2 aromatic heterocycles. The SMILES string of the molecule is CCCc1ccc(C(=O)C=Cc2ccc(OC)c(COc3cccc4cccnc34)c2)s1. The van der Waals surface area contributed by atoms with Crippen LogP contribution in [0, 0.1) is 0 Å². The molecular formula is C27H25NO3S. The molecule has 0 saturated heterocycles. The molecule has 32 heavy (non-hydrogen) atoms. The fourth-order valence-corrected chi connectivity index (χ4v) is 4.54. The minimum absolute atomic E-state index is 0.0211. The summed E-state index contributed by atoms with van der Waals surface area (Å²) >= 11 is 1.57. The maximum atomic E-state index is 12.5. The van der Waals surface area contributed by atoms with E-state index >= 15 is 0 Å². The summed E-state index contributed by atoms with van der Waals surface area (Å²) < 4.78 is 11.6. The Hall–Kier alpha value is -3.44. The Balaban J connectivity index is 1.50. The van der Waals surface area contributed by atoms with Gasteiger partial charge in [0.05, 0.1) is 12.0 Å². The first-order valence-corrected chi connectivity index (χ1v) is 11.4. The topological polar surface area (TPSA) is 48.4 Å². The number of pyridine rings is 1. The average Bonchev–Trinajstić information content (AvgIpc) is 3.30. The molecule has 0 bridgehead atoms. The summed E-state index contributed by atoms with van der Waals surface area (Å²) in [6.45, 7) is 2.47. The van der Waals surface area contributed by atoms with Gasteiger partial charge in [0.2, 0.25) is 0 Å². The van der Waals surface area contributed by atoms with Crippen LogP contribution < -0.4 is 9.47 Å². The van der Waals surface area contributed by atoms with E-state index < -0.39 is 0 Å². The molecule has 0 saturated carbocycles. The second kappa shape index (κ2) is 10.2. The third kappa shape index (κ3) is 5.06. The molecule has 0 fully saturated rings. The summed E-state index contributed by atoms with van der Waals surface area (Å²) in [5.74, 6) is 1.48. The number of thiophene rings is 1. The van der Waals surface area contributed by atoms with Crippen LogP contribution in [0.2, 0.25) is 0 Å². The number of hydrogen-bond donors (Lipinski definition) is 0. The second-order valence-electron chi connectivity index (χ2n) is 7.40. The number of rotatable bonds is 9. The van der Waals surface area contributed by atoms with Crippen molar-refractivity contribution in [1.29, 1.82) is 0 Å². The maximum Gasteiger partial charge on any atom is 0.195 e. The number of para-hydroxylation sites is 1. The number of aryl methyl sites for hydroxylation is 1. The number of hydrogen-bond acceptors (Lipinski definition) is 5. The van der Waals surface area contributed by atoms with Gasteiger partial charge in [-0.1, -0.05) is 43.7 Å². The van der Waals surface area contributed by atoms with Gasteiger partial charge in [-0.25, -0.2) is 0 Å². The number of allylic oxidation sites excluding steroid dienone is 1. The summed E-state index contributed by atoms with van der Waals surface area (Å²) in [4.78, 5) is 19.0. The van der Waals surface area contributed by atoms with Crippen LogP contribution in [0.5, 0.6) is 11.5 Å². The largest absolute Gasteiger partial charge is 0.496 e. The molecule has 4 nitrogen and oxygen atoms in total. The number of carbonyl (C=O) groups is 1. The fraction of sp³-hybridized carbons (Fsp3) is 0.185. The number of nitrogens with zero attached hydrogens (tertiary/aromatic N) is 1. The normalized spacial score (nSPS) is 11.2. The molecule has 5 heteroatoms. The third-order valence-electron chi connectivity index (χ3n) is 5.11. The molecule has 0 aliphatic rings. The predicted molar refractivity (Wildman–Crippen MR) is 131 cm³/mol. The fourth-order valence-electron chi connectivity index (χ4n) is 3.51. The van der Waals surface area contributed by atoms with Gasteiger partial charge in [0.25, 0.3) is 0 Å². The van der Waals surface area contributed by atoms with Crippen LogP contribution in [-0.4, -0.2) is 17.9 Å². The first kappa shape index (κ1) is 21.8. The second-order valence-corrected chi connectivity index (χ2v) is 8.57. The summed E-state index contributed by atoms with van der Waals surface area (Å²) in [5, 5.41) is 1.03. The minimum Gasteiger partial charge on any atom is -0.496 e. The highest BCUT2D eigenvalue weighted by atomic mass is 32.1. The molecular weight excluding hydrogens is 418 g/mol. The first-order chi connectivity index (χ1) is 15.7. The molecule has 0 unspecified atom stereocenters. The van der Waals surface area contributed by atoms with Gasteiger partial charge < -0.3 is 9.47 Å². The Labute approximate surface area is 192 Å². The zero-order valence-corrected chi connectivity index (χ0v) is 19.0. The van der Waals surface area contributed by atoms with Crippen LogP contribution in [0.4, 0.5) is 0 Å². The number of methoxy groups -OCH3 is 1. The first-order valence-electron chi connectivity index (χ1n) is 10.6. The quantitative estimate of drug-likeness (QED) is 0.212. The molecule has 0 spiro atoms. The lowest BCUT2D eigenvalue weighted by molar-refractivity contribution is 0.105. The van der Waals surface area contributed by atoms with Gasteiger partial charge in [-0.15, -0.1) is 11.3 Å². The van der Waals surface area contributed by atoms with Crippen molar-refractivity contribution in [1.82, 2.24) is 4.98 Å². The van der Waals surface area contributed by atoms with Gasteiger partial charge in [-0.2, -0.15) is 0 Å². The highest BCUT2D eigenvalue weighted by Crippen LogP contribution is 2.27. The molecule has 2 heterocycles. The number of ketones is 1. The van der Waals surface area contributed by atoms with Crippen LogP contribution in [0.15, 0.2) is 72.9 Å². The Morgan fingerprint density at radius 2 is 1.94 bits per heavy atom. The van der Waals surface area contributed by atoms with Crippen molar-refractivity contribution in [2.75, 3.05) is 7.11 Å². The van der Waals surface area contributed by atoms with Gasteiger partial charge >= 0.3 is 0 Å². The van der Waals surface area contributed by atoms with Gasteiger partial charge in [-0.3, -0.25) is 9.78 Å². The van der Waals surface area contributed by atoms with Gasteiger partial charge in [-0.05, 0) is 54.5 Å². The van der Waals surface area contributed by atoms with Crippen molar-refractivity contribution in [2.24, 2.45) is 0 Å². The molecule has 0 amide bonds. The van der Waals surface area contributed by atoms with Crippen LogP contribution in [0.25, 0.3) is 17.0 Å². The van der Waals surface area contributed by atoms with E-state index in [1.54, 1.807) is 30.7 Å². The minimum atomic E-state index is 0.0211. The van der Waals surface area contributed by atoms with Crippen molar-refractivity contribution in [3.63, 3.8) is 0 Å². The molecule has 0 radical (unpaired) electrons. The summed E-state index contributed by atoms with van der Waals surface area (Å²) in [5.41, 5.74) is 2.64. The Morgan fingerprint density at radius 3 is 2.78 bits per heavy atom. The van der Waals surface area contributed by atoms with Crippen LogP contribution in [0.1, 0.15) is 39.0 Å². The van der Waals surface area contributed by atoms with Gasteiger partial charge in [0, 0.05) is 22.0 Å². The zero-order chi connectivity index (χ0) is 22.3.